The summed E-state index contributed by atoms with van der Waals surface area (Å²) >= 11 is 5.20. The molecule has 1 aromatic heterocycles. The number of para-hydroxylation sites is 1. The smallest absolute Gasteiger partial charge is 0.178 e. The third-order valence-corrected chi connectivity index (χ3v) is 2.65. The molecule has 0 fully saturated rings. The highest BCUT2D eigenvalue weighted by Crippen LogP contribution is 2.28. The second-order valence-corrected chi connectivity index (χ2v) is 3.47. The first-order valence-electron chi connectivity index (χ1n) is 4.20. The summed E-state index contributed by atoms with van der Waals surface area (Å²) < 4.78 is 8.39. The van der Waals surface area contributed by atoms with Crippen LogP contribution in [0.2, 0.25) is 0 Å². The van der Waals surface area contributed by atoms with Gasteiger partial charge in [0.15, 0.2) is 4.77 Å². The molecule has 4 heteroatoms. The Morgan fingerprint density at radius 3 is 3.31 bits per heavy atom. The number of hydrogen-bond acceptors (Lipinski definition) is 2. The van der Waals surface area contributed by atoms with Crippen molar-refractivity contribution in [2.45, 2.75) is 6.54 Å². The van der Waals surface area contributed by atoms with E-state index in [-0.39, 0.29) is 0 Å². The molecule has 0 unspecified atom stereocenters. The van der Waals surface area contributed by atoms with Gasteiger partial charge in [-0.05, 0) is 24.4 Å². The van der Waals surface area contributed by atoms with Crippen LogP contribution >= 0.6 is 12.2 Å². The summed E-state index contributed by atoms with van der Waals surface area (Å²) in [5.41, 5.74) is 2.15. The van der Waals surface area contributed by atoms with E-state index in [9.17, 15) is 0 Å². The van der Waals surface area contributed by atoms with Gasteiger partial charge in [0, 0.05) is 0 Å². The maximum Gasteiger partial charge on any atom is 0.178 e. The molecular weight excluding hydrogens is 184 g/mol. The number of benzene rings is 1. The lowest BCUT2D eigenvalue weighted by atomic mass is 10.3. The van der Waals surface area contributed by atoms with Gasteiger partial charge in [-0.15, -0.1) is 0 Å². The van der Waals surface area contributed by atoms with Crippen molar-refractivity contribution in [3.05, 3.63) is 23.0 Å². The molecule has 1 aliphatic heterocycles. The number of nitrogens with zero attached hydrogens (tertiary/aromatic N) is 1. The van der Waals surface area contributed by atoms with E-state index >= 15 is 0 Å². The highest BCUT2D eigenvalue weighted by Gasteiger charge is 2.13. The van der Waals surface area contributed by atoms with E-state index in [0.717, 1.165) is 28.1 Å². The zero-order chi connectivity index (χ0) is 8.84. The first-order valence-corrected chi connectivity index (χ1v) is 4.61. The van der Waals surface area contributed by atoms with Crippen molar-refractivity contribution in [1.82, 2.24) is 9.55 Å². The van der Waals surface area contributed by atoms with Crippen molar-refractivity contribution in [3.63, 3.8) is 0 Å². The number of nitrogens with one attached hydrogen (secondary N) is 1. The summed E-state index contributed by atoms with van der Waals surface area (Å²) in [7, 11) is 0. The normalized spacial score (nSPS) is 14.5. The zero-order valence-corrected chi connectivity index (χ0v) is 7.73. The van der Waals surface area contributed by atoms with Crippen LogP contribution in [-0.2, 0) is 6.54 Å². The van der Waals surface area contributed by atoms with Crippen LogP contribution in [0.4, 0.5) is 0 Å². The minimum Gasteiger partial charge on any atom is -0.489 e. The van der Waals surface area contributed by atoms with Crippen LogP contribution in [0.25, 0.3) is 11.0 Å². The Balaban J connectivity index is 2.58. The Bertz CT molecular complexity index is 526. The van der Waals surface area contributed by atoms with Crippen LogP contribution in [0.1, 0.15) is 0 Å². The highest BCUT2D eigenvalue weighted by molar-refractivity contribution is 7.71. The maximum atomic E-state index is 5.52. The lowest BCUT2D eigenvalue weighted by molar-refractivity contribution is 0.286. The summed E-state index contributed by atoms with van der Waals surface area (Å²) in [5.74, 6) is 0.927. The number of aromatic amines is 1. The van der Waals surface area contributed by atoms with Gasteiger partial charge in [-0.3, -0.25) is 0 Å². The molecule has 0 bridgehead atoms. The van der Waals surface area contributed by atoms with E-state index in [0.29, 0.717) is 6.61 Å². The van der Waals surface area contributed by atoms with Crippen LogP contribution in [0.15, 0.2) is 18.2 Å². The van der Waals surface area contributed by atoms with Gasteiger partial charge in [0.2, 0.25) is 0 Å². The van der Waals surface area contributed by atoms with Gasteiger partial charge in [-0.1, -0.05) is 6.07 Å². The van der Waals surface area contributed by atoms with E-state index in [1.807, 2.05) is 18.2 Å². The van der Waals surface area contributed by atoms with Gasteiger partial charge in [0.1, 0.15) is 17.9 Å². The third kappa shape index (κ3) is 0.862. The molecule has 0 saturated carbocycles. The van der Waals surface area contributed by atoms with Crippen LogP contribution < -0.4 is 4.74 Å². The molecule has 1 N–H and O–H groups in total. The number of ether oxygens (including phenoxy) is 1. The molecule has 2 heterocycles. The second kappa shape index (κ2) is 2.35. The number of hydrogen-bond donors (Lipinski definition) is 1. The molecule has 66 valence electrons. The first kappa shape index (κ1) is 7.15. The summed E-state index contributed by atoms with van der Waals surface area (Å²) in [5, 5.41) is 0. The van der Waals surface area contributed by atoms with Gasteiger partial charge in [0.25, 0.3) is 0 Å². The molecule has 0 amide bonds. The molecule has 3 nitrogen and oxygen atoms in total. The minimum absolute atomic E-state index is 0.707. The van der Waals surface area contributed by atoms with Crippen LogP contribution in [0.5, 0.6) is 5.75 Å². The van der Waals surface area contributed by atoms with E-state index in [1.165, 1.54) is 0 Å². The molecule has 1 aromatic carbocycles. The van der Waals surface area contributed by atoms with Crippen molar-refractivity contribution in [3.8, 4) is 5.75 Å². The lowest BCUT2D eigenvalue weighted by Gasteiger charge is -2.15. The number of imidazole rings is 1. The predicted molar refractivity (Wildman–Crippen MR) is 52.6 cm³/mol. The molecule has 0 spiro atoms. The molecule has 3 rings (SSSR count). The van der Waals surface area contributed by atoms with E-state index in [4.69, 9.17) is 17.0 Å². The summed E-state index contributed by atoms with van der Waals surface area (Å²) in [6, 6.07) is 5.96. The van der Waals surface area contributed by atoms with Crippen molar-refractivity contribution < 1.29 is 4.74 Å². The van der Waals surface area contributed by atoms with Crippen LogP contribution in [0, 0.1) is 4.77 Å². The second-order valence-electron chi connectivity index (χ2n) is 3.08. The van der Waals surface area contributed by atoms with Crippen LogP contribution in [0.3, 0.4) is 0 Å². The fourth-order valence-electron chi connectivity index (χ4n) is 1.76. The molecular formula is C9H8N2OS. The van der Waals surface area contributed by atoms with Gasteiger partial charge in [-0.2, -0.15) is 0 Å². The van der Waals surface area contributed by atoms with Gasteiger partial charge in [0.05, 0.1) is 12.1 Å². The van der Waals surface area contributed by atoms with Gasteiger partial charge >= 0.3 is 0 Å². The summed E-state index contributed by atoms with van der Waals surface area (Å²) in [4.78, 5) is 3.16. The highest BCUT2D eigenvalue weighted by atomic mass is 32.1. The largest absolute Gasteiger partial charge is 0.489 e. The fraction of sp³-hybridized carbons (Fsp3) is 0.222. The van der Waals surface area contributed by atoms with Crippen molar-refractivity contribution in [1.29, 1.82) is 0 Å². The van der Waals surface area contributed by atoms with E-state index in [2.05, 4.69) is 9.55 Å². The Labute approximate surface area is 79.9 Å². The summed E-state index contributed by atoms with van der Waals surface area (Å²) in [6.07, 6.45) is 0. The van der Waals surface area contributed by atoms with Crippen LogP contribution in [-0.4, -0.2) is 16.2 Å². The molecule has 13 heavy (non-hydrogen) atoms. The van der Waals surface area contributed by atoms with Crippen molar-refractivity contribution in [2.24, 2.45) is 0 Å². The van der Waals surface area contributed by atoms with Crippen molar-refractivity contribution >= 4 is 23.3 Å². The maximum absolute atomic E-state index is 5.52. The van der Waals surface area contributed by atoms with Crippen molar-refractivity contribution in [2.75, 3.05) is 6.61 Å². The Morgan fingerprint density at radius 2 is 2.38 bits per heavy atom. The number of aromatic nitrogens is 2. The third-order valence-electron chi connectivity index (χ3n) is 2.33. The average Bonchev–Trinajstić information content (AvgIpc) is 2.47. The first-order chi connectivity index (χ1) is 6.36. The standard InChI is InChI=1S/C9H8N2OS/c13-9-10-6-2-1-3-7-8(6)11(9)4-5-12-7/h1-3H,4-5H2,(H,10,13). The van der Waals surface area contributed by atoms with E-state index < -0.39 is 0 Å². The zero-order valence-electron chi connectivity index (χ0n) is 6.91. The average molecular weight is 192 g/mol. The minimum atomic E-state index is 0.707. The Kier molecular flexibility index (Phi) is 1.29. The quantitative estimate of drug-likeness (QED) is 0.648. The molecule has 0 saturated heterocycles. The van der Waals surface area contributed by atoms with E-state index in [1.54, 1.807) is 0 Å². The lowest BCUT2D eigenvalue weighted by Crippen LogP contribution is -2.13. The molecule has 1 aliphatic rings. The van der Waals surface area contributed by atoms with Gasteiger partial charge < -0.3 is 14.3 Å². The Morgan fingerprint density at radius 1 is 1.46 bits per heavy atom. The molecule has 0 atom stereocenters. The Hall–Kier alpha value is -1.29. The molecule has 2 aromatic rings. The fourth-order valence-corrected chi connectivity index (χ4v) is 2.06. The molecule has 0 radical (unpaired) electrons. The predicted octanol–water partition coefficient (Wildman–Crippen LogP) is 2.09. The topological polar surface area (TPSA) is 29.9 Å². The SMILES string of the molecule is S=c1[nH]c2cccc3c2n1CCO3. The molecule has 0 aliphatic carbocycles. The number of rotatable bonds is 0. The monoisotopic (exact) mass is 192 g/mol. The van der Waals surface area contributed by atoms with Gasteiger partial charge in [-0.25, -0.2) is 0 Å². The summed E-state index contributed by atoms with van der Waals surface area (Å²) in [6.45, 7) is 1.55. The number of H-pyrrole nitrogens is 1.